The average Bonchev–Trinajstić information content (AvgIpc) is 2.60. The largest absolute Gasteiger partial charge is 0.464 e. The number of rotatable bonds is 6. The molecule has 0 aliphatic rings. The molecule has 0 spiro atoms. The van der Waals surface area contributed by atoms with Crippen molar-refractivity contribution in [3.8, 4) is 0 Å². The molecule has 5 heteroatoms. The van der Waals surface area contributed by atoms with E-state index in [0.717, 1.165) is 5.56 Å². The van der Waals surface area contributed by atoms with Crippen LogP contribution < -0.4 is 0 Å². The second-order valence-corrected chi connectivity index (χ2v) is 5.08. The maximum Gasteiger partial charge on any atom is 0.328 e. The number of aromatic nitrogens is 1. The molecule has 1 aromatic carbocycles. The van der Waals surface area contributed by atoms with Gasteiger partial charge >= 0.3 is 5.97 Å². The molecule has 2 rings (SSSR count). The van der Waals surface area contributed by atoms with Gasteiger partial charge in [0.05, 0.1) is 6.61 Å². The molecule has 0 saturated heterocycles. The maximum atomic E-state index is 12.8. The molecule has 120 valence electrons. The molecule has 1 heterocycles. The first-order chi connectivity index (χ1) is 11.1. The van der Waals surface area contributed by atoms with Crippen molar-refractivity contribution < 1.29 is 14.3 Å². The van der Waals surface area contributed by atoms with Gasteiger partial charge in [-0.25, -0.2) is 4.79 Å². The fraction of sp³-hybridized carbons (Fsp3) is 0.278. The lowest BCUT2D eigenvalue weighted by Gasteiger charge is -2.28. The molecule has 0 fully saturated rings. The number of carbonyl (C=O) groups is 2. The summed E-state index contributed by atoms with van der Waals surface area (Å²) in [5.74, 6) is -0.636. The highest BCUT2D eigenvalue weighted by Gasteiger charge is 2.27. The Morgan fingerprint density at radius 2 is 1.78 bits per heavy atom. The minimum Gasteiger partial charge on any atom is -0.464 e. The molecular formula is C18H20N2O3. The molecule has 5 nitrogen and oxygen atoms in total. The zero-order valence-electron chi connectivity index (χ0n) is 13.3. The van der Waals surface area contributed by atoms with Crippen LogP contribution in [0.25, 0.3) is 0 Å². The Morgan fingerprint density at radius 1 is 1.13 bits per heavy atom. The molecule has 2 aromatic rings. The number of carbonyl (C=O) groups excluding carboxylic acids is 2. The normalized spacial score (nSPS) is 11.6. The molecule has 0 bridgehead atoms. The van der Waals surface area contributed by atoms with Crippen molar-refractivity contribution in [3.05, 3.63) is 66.0 Å². The smallest absolute Gasteiger partial charge is 0.328 e. The summed E-state index contributed by atoms with van der Waals surface area (Å²) in [6.45, 7) is 4.05. The van der Waals surface area contributed by atoms with Crippen molar-refractivity contribution in [1.82, 2.24) is 9.88 Å². The molecule has 0 aliphatic carbocycles. The molecule has 0 radical (unpaired) electrons. The third-order valence-electron chi connectivity index (χ3n) is 3.48. The lowest BCUT2D eigenvalue weighted by molar-refractivity contribution is -0.148. The predicted octanol–water partition coefficient (Wildman–Crippen LogP) is 2.68. The second-order valence-electron chi connectivity index (χ2n) is 5.08. The van der Waals surface area contributed by atoms with Crippen molar-refractivity contribution in [2.24, 2.45) is 0 Å². The topological polar surface area (TPSA) is 59.5 Å². The molecule has 0 saturated carbocycles. The number of benzene rings is 1. The zero-order chi connectivity index (χ0) is 16.7. The summed E-state index contributed by atoms with van der Waals surface area (Å²) >= 11 is 0. The first-order valence-corrected chi connectivity index (χ1v) is 7.55. The second kappa shape index (κ2) is 8.08. The van der Waals surface area contributed by atoms with E-state index in [-0.39, 0.29) is 12.5 Å². The van der Waals surface area contributed by atoms with Crippen molar-refractivity contribution in [1.29, 1.82) is 0 Å². The SMILES string of the molecule is CCOC(=O)C(C)N(Cc1ccccc1)C(=O)c1ccncc1. The van der Waals surface area contributed by atoms with Gasteiger partial charge in [-0.15, -0.1) is 0 Å². The van der Waals surface area contributed by atoms with Crippen molar-refractivity contribution >= 4 is 11.9 Å². The van der Waals surface area contributed by atoms with E-state index in [0.29, 0.717) is 12.1 Å². The number of hydrogen-bond donors (Lipinski definition) is 0. The summed E-state index contributed by atoms with van der Waals surface area (Å²) in [6, 6.07) is 12.2. The number of esters is 1. The number of ether oxygens (including phenoxy) is 1. The van der Waals surface area contributed by atoms with Gasteiger partial charge in [0.1, 0.15) is 6.04 Å². The highest BCUT2D eigenvalue weighted by atomic mass is 16.5. The summed E-state index contributed by atoms with van der Waals surface area (Å²) < 4.78 is 5.06. The minimum atomic E-state index is -0.671. The Balaban J connectivity index is 2.27. The summed E-state index contributed by atoms with van der Waals surface area (Å²) in [4.78, 5) is 30.3. The Hall–Kier alpha value is -2.69. The van der Waals surface area contributed by atoms with Crippen molar-refractivity contribution in [3.63, 3.8) is 0 Å². The Bertz CT molecular complexity index is 644. The van der Waals surface area contributed by atoms with Crippen LogP contribution in [0, 0.1) is 0 Å². The summed E-state index contributed by atoms with van der Waals surface area (Å²) in [5, 5.41) is 0. The Morgan fingerprint density at radius 3 is 2.39 bits per heavy atom. The van der Waals surface area contributed by atoms with Gasteiger partial charge in [-0.1, -0.05) is 30.3 Å². The van der Waals surface area contributed by atoms with Crippen LogP contribution >= 0.6 is 0 Å². The third-order valence-corrected chi connectivity index (χ3v) is 3.48. The Kier molecular flexibility index (Phi) is 5.86. The van der Waals surface area contributed by atoms with Gasteiger partial charge in [-0.2, -0.15) is 0 Å². The Labute approximate surface area is 135 Å². The molecule has 0 aliphatic heterocycles. The number of pyridine rings is 1. The van der Waals surface area contributed by atoms with E-state index >= 15 is 0 Å². The molecule has 1 atom stereocenters. The van der Waals surface area contributed by atoms with E-state index < -0.39 is 12.0 Å². The van der Waals surface area contributed by atoms with Crippen LogP contribution in [0.4, 0.5) is 0 Å². The van der Waals surface area contributed by atoms with Crippen LogP contribution in [0.3, 0.4) is 0 Å². The number of amides is 1. The highest BCUT2D eigenvalue weighted by molar-refractivity contribution is 5.96. The quantitative estimate of drug-likeness (QED) is 0.770. The van der Waals surface area contributed by atoms with Crippen LogP contribution in [-0.2, 0) is 16.1 Å². The number of nitrogens with zero attached hydrogens (tertiary/aromatic N) is 2. The van der Waals surface area contributed by atoms with E-state index in [1.165, 1.54) is 4.90 Å². The van der Waals surface area contributed by atoms with Crippen molar-refractivity contribution in [2.45, 2.75) is 26.4 Å². The van der Waals surface area contributed by atoms with Crippen LogP contribution in [0.15, 0.2) is 54.9 Å². The maximum absolute atomic E-state index is 12.8. The van der Waals surface area contributed by atoms with Crippen molar-refractivity contribution in [2.75, 3.05) is 6.61 Å². The van der Waals surface area contributed by atoms with E-state index in [4.69, 9.17) is 4.74 Å². The average molecular weight is 312 g/mol. The highest BCUT2D eigenvalue weighted by Crippen LogP contribution is 2.14. The molecule has 1 amide bonds. The lowest BCUT2D eigenvalue weighted by Crippen LogP contribution is -2.43. The van der Waals surface area contributed by atoms with Crippen LogP contribution in [0.1, 0.15) is 29.8 Å². The van der Waals surface area contributed by atoms with E-state index in [2.05, 4.69) is 4.98 Å². The van der Waals surface area contributed by atoms with E-state index in [9.17, 15) is 9.59 Å². The standard InChI is InChI=1S/C18H20N2O3/c1-3-23-18(22)14(2)20(13-15-7-5-4-6-8-15)17(21)16-9-11-19-12-10-16/h4-12,14H,3,13H2,1-2H3. The van der Waals surface area contributed by atoms with Crippen LogP contribution in [0.5, 0.6) is 0 Å². The third kappa shape index (κ3) is 4.39. The molecule has 23 heavy (non-hydrogen) atoms. The van der Waals surface area contributed by atoms with E-state index in [1.807, 2.05) is 30.3 Å². The van der Waals surface area contributed by atoms with Crippen LogP contribution in [-0.4, -0.2) is 34.4 Å². The fourth-order valence-electron chi connectivity index (χ4n) is 2.22. The van der Waals surface area contributed by atoms with E-state index in [1.54, 1.807) is 38.4 Å². The van der Waals surface area contributed by atoms with Gasteiger partial charge in [0.2, 0.25) is 0 Å². The molecule has 0 N–H and O–H groups in total. The monoisotopic (exact) mass is 312 g/mol. The zero-order valence-corrected chi connectivity index (χ0v) is 13.3. The van der Waals surface area contributed by atoms with Gasteiger partial charge in [0, 0.05) is 24.5 Å². The lowest BCUT2D eigenvalue weighted by atomic mass is 10.1. The first kappa shape index (κ1) is 16.7. The molecular weight excluding hydrogens is 292 g/mol. The van der Waals surface area contributed by atoms with Gasteiger partial charge in [-0.05, 0) is 31.5 Å². The van der Waals surface area contributed by atoms with Gasteiger partial charge < -0.3 is 9.64 Å². The van der Waals surface area contributed by atoms with Crippen LogP contribution in [0.2, 0.25) is 0 Å². The fourth-order valence-corrected chi connectivity index (χ4v) is 2.22. The summed E-state index contributed by atoms with van der Waals surface area (Å²) in [5.41, 5.74) is 1.44. The van der Waals surface area contributed by atoms with Gasteiger partial charge in [0.25, 0.3) is 5.91 Å². The number of hydrogen-bond acceptors (Lipinski definition) is 4. The summed E-state index contributed by atoms with van der Waals surface area (Å²) in [7, 11) is 0. The minimum absolute atomic E-state index is 0.225. The first-order valence-electron chi connectivity index (χ1n) is 7.55. The summed E-state index contributed by atoms with van der Waals surface area (Å²) in [6.07, 6.45) is 3.12. The molecule has 1 unspecified atom stereocenters. The predicted molar refractivity (Wildman–Crippen MR) is 86.6 cm³/mol. The van der Waals surface area contributed by atoms with Gasteiger partial charge in [-0.3, -0.25) is 9.78 Å². The molecule has 1 aromatic heterocycles. The van der Waals surface area contributed by atoms with Gasteiger partial charge in [0.15, 0.2) is 0 Å².